The summed E-state index contributed by atoms with van der Waals surface area (Å²) in [4.78, 5) is 15.9. The van der Waals surface area contributed by atoms with Gasteiger partial charge < -0.3 is 11.1 Å². The van der Waals surface area contributed by atoms with Crippen LogP contribution in [0.4, 0.5) is 4.79 Å². The predicted molar refractivity (Wildman–Crippen MR) is 41.7 cm³/mol. The Hall–Kier alpha value is -1.52. The molecule has 1 heterocycles. The van der Waals surface area contributed by atoms with E-state index >= 15 is 0 Å². The van der Waals surface area contributed by atoms with Gasteiger partial charge in [0.25, 0.3) is 0 Å². The van der Waals surface area contributed by atoms with Crippen molar-refractivity contribution in [3.63, 3.8) is 0 Å². The Bertz CT molecular complexity index is 233. The Kier molecular flexibility index (Phi) is 1.80. The zero-order chi connectivity index (χ0) is 8.43. The smallest absolute Gasteiger partial charge is 0.352 e. The van der Waals surface area contributed by atoms with Gasteiger partial charge in [0, 0.05) is 6.54 Å². The minimum absolute atomic E-state index is 0.102. The van der Waals surface area contributed by atoms with E-state index in [1.807, 2.05) is 6.92 Å². The van der Waals surface area contributed by atoms with E-state index in [0.717, 1.165) is 0 Å². The standard InChI is InChI=1S/C6H10N4O/c1-3-10-4(2)8-5(7)9-6(10)11/h2-3H2,1H3,(H3,7,8,9,11). The van der Waals surface area contributed by atoms with Crippen LogP contribution in [0.5, 0.6) is 0 Å². The van der Waals surface area contributed by atoms with Crippen molar-refractivity contribution in [3.8, 4) is 0 Å². The van der Waals surface area contributed by atoms with E-state index in [-0.39, 0.29) is 12.0 Å². The molecule has 0 aromatic heterocycles. The Balaban J connectivity index is 2.86. The molecule has 0 atom stereocenters. The van der Waals surface area contributed by atoms with Gasteiger partial charge in [0.05, 0.1) is 0 Å². The summed E-state index contributed by atoms with van der Waals surface area (Å²) in [6.07, 6.45) is 0. The second kappa shape index (κ2) is 2.61. The lowest BCUT2D eigenvalue weighted by atomic mass is 10.5. The number of hydrogen-bond donors (Lipinski definition) is 2. The quantitative estimate of drug-likeness (QED) is 0.550. The van der Waals surface area contributed by atoms with Gasteiger partial charge in [-0.2, -0.15) is 4.99 Å². The molecule has 0 bridgehead atoms. The van der Waals surface area contributed by atoms with E-state index in [2.05, 4.69) is 16.9 Å². The maximum atomic E-state index is 11.0. The Morgan fingerprint density at radius 3 is 2.91 bits per heavy atom. The lowest BCUT2D eigenvalue weighted by Gasteiger charge is -2.25. The molecule has 1 rings (SSSR count). The Morgan fingerprint density at radius 2 is 2.45 bits per heavy atom. The van der Waals surface area contributed by atoms with E-state index in [1.165, 1.54) is 4.90 Å². The second-order valence-corrected chi connectivity index (χ2v) is 2.10. The maximum absolute atomic E-state index is 11.0. The second-order valence-electron chi connectivity index (χ2n) is 2.10. The van der Waals surface area contributed by atoms with E-state index in [1.54, 1.807) is 0 Å². The molecule has 0 radical (unpaired) electrons. The number of aliphatic imine (C=N–C) groups is 1. The van der Waals surface area contributed by atoms with Crippen molar-refractivity contribution < 1.29 is 4.79 Å². The minimum Gasteiger partial charge on any atom is -0.369 e. The number of nitrogens with zero attached hydrogens (tertiary/aromatic N) is 2. The van der Waals surface area contributed by atoms with Crippen LogP contribution in [0.15, 0.2) is 17.4 Å². The highest BCUT2D eigenvalue weighted by molar-refractivity contribution is 5.95. The number of amides is 2. The third kappa shape index (κ3) is 1.31. The fraction of sp³-hybridized carbons (Fsp3) is 0.333. The molecule has 5 heteroatoms. The highest BCUT2D eigenvalue weighted by atomic mass is 16.2. The first-order chi connectivity index (χ1) is 5.15. The van der Waals surface area contributed by atoms with Crippen molar-refractivity contribution in [3.05, 3.63) is 12.4 Å². The monoisotopic (exact) mass is 154 g/mol. The van der Waals surface area contributed by atoms with Crippen LogP contribution in [-0.4, -0.2) is 23.4 Å². The SMILES string of the molecule is C=C1NC(N)=NC(=O)N1CC. The van der Waals surface area contributed by atoms with Gasteiger partial charge in [-0.15, -0.1) is 0 Å². The predicted octanol–water partition coefficient (Wildman–Crippen LogP) is -0.183. The van der Waals surface area contributed by atoms with Gasteiger partial charge in [0.15, 0.2) is 0 Å². The molecule has 0 saturated carbocycles. The summed E-state index contributed by atoms with van der Waals surface area (Å²) in [5.74, 6) is 0.578. The van der Waals surface area contributed by atoms with Crippen molar-refractivity contribution in [1.82, 2.24) is 10.2 Å². The number of carbonyl (C=O) groups excluding carboxylic acids is 1. The molecule has 0 saturated heterocycles. The van der Waals surface area contributed by atoms with Gasteiger partial charge in [-0.05, 0) is 6.92 Å². The molecule has 0 spiro atoms. The van der Waals surface area contributed by atoms with Gasteiger partial charge in [-0.3, -0.25) is 4.90 Å². The summed E-state index contributed by atoms with van der Waals surface area (Å²) >= 11 is 0. The fourth-order valence-corrected chi connectivity index (χ4v) is 0.848. The van der Waals surface area contributed by atoms with E-state index in [9.17, 15) is 4.79 Å². The van der Waals surface area contributed by atoms with Crippen molar-refractivity contribution in [2.75, 3.05) is 6.54 Å². The van der Waals surface area contributed by atoms with Crippen LogP contribution < -0.4 is 11.1 Å². The molecule has 2 amide bonds. The molecule has 0 fully saturated rings. The zero-order valence-electron chi connectivity index (χ0n) is 6.29. The molecule has 1 aliphatic rings. The average molecular weight is 154 g/mol. The van der Waals surface area contributed by atoms with E-state index < -0.39 is 0 Å². The third-order valence-corrected chi connectivity index (χ3v) is 1.36. The van der Waals surface area contributed by atoms with Crippen LogP contribution in [0.25, 0.3) is 0 Å². The molecule has 5 nitrogen and oxygen atoms in total. The normalized spacial score (nSPS) is 17.9. The van der Waals surface area contributed by atoms with E-state index in [4.69, 9.17) is 5.73 Å². The highest BCUT2D eigenvalue weighted by Crippen LogP contribution is 2.04. The topological polar surface area (TPSA) is 70.7 Å². The molecule has 0 unspecified atom stereocenters. The summed E-state index contributed by atoms with van der Waals surface area (Å²) in [6, 6.07) is -0.367. The molecule has 60 valence electrons. The lowest BCUT2D eigenvalue weighted by molar-refractivity contribution is 0.219. The Morgan fingerprint density at radius 1 is 1.82 bits per heavy atom. The molecule has 0 aliphatic carbocycles. The van der Waals surface area contributed by atoms with Crippen LogP contribution >= 0.6 is 0 Å². The summed E-state index contributed by atoms with van der Waals surface area (Å²) in [7, 11) is 0. The summed E-state index contributed by atoms with van der Waals surface area (Å²) in [6.45, 7) is 5.98. The molecular weight excluding hydrogens is 144 g/mol. The highest BCUT2D eigenvalue weighted by Gasteiger charge is 2.19. The van der Waals surface area contributed by atoms with Crippen molar-refractivity contribution in [2.24, 2.45) is 10.7 Å². The molecular formula is C6H10N4O. The van der Waals surface area contributed by atoms with Crippen LogP contribution in [0, 0.1) is 0 Å². The zero-order valence-corrected chi connectivity index (χ0v) is 6.29. The van der Waals surface area contributed by atoms with Gasteiger partial charge in [0.1, 0.15) is 5.82 Å². The molecule has 1 aliphatic heterocycles. The summed E-state index contributed by atoms with van der Waals surface area (Å²) < 4.78 is 0. The number of urea groups is 1. The molecule has 0 aromatic rings. The number of nitrogens with one attached hydrogen (secondary N) is 1. The number of guanidine groups is 1. The first-order valence-electron chi connectivity index (χ1n) is 3.26. The fourth-order valence-electron chi connectivity index (χ4n) is 0.848. The largest absolute Gasteiger partial charge is 0.369 e. The minimum atomic E-state index is -0.367. The average Bonchev–Trinajstić information content (AvgIpc) is 1.85. The molecule has 0 aromatic carbocycles. The van der Waals surface area contributed by atoms with Crippen molar-refractivity contribution in [1.29, 1.82) is 0 Å². The van der Waals surface area contributed by atoms with Crippen LogP contribution in [-0.2, 0) is 0 Å². The molecule has 3 N–H and O–H groups in total. The molecule has 11 heavy (non-hydrogen) atoms. The van der Waals surface area contributed by atoms with Gasteiger partial charge in [-0.25, -0.2) is 4.79 Å². The first kappa shape index (κ1) is 7.59. The Labute approximate surface area is 64.6 Å². The third-order valence-electron chi connectivity index (χ3n) is 1.36. The lowest BCUT2D eigenvalue weighted by Crippen LogP contribution is -2.46. The van der Waals surface area contributed by atoms with E-state index in [0.29, 0.717) is 12.4 Å². The van der Waals surface area contributed by atoms with Gasteiger partial charge in [0.2, 0.25) is 5.96 Å². The van der Waals surface area contributed by atoms with Gasteiger partial charge in [-0.1, -0.05) is 6.58 Å². The van der Waals surface area contributed by atoms with Crippen LogP contribution in [0.1, 0.15) is 6.92 Å². The van der Waals surface area contributed by atoms with Gasteiger partial charge >= 0.3 is 6.03 Å². The number of carbonyl (C=O) groups is 1. The van der Waals surface area contributed by atoms with Crippen molar-refractivity contribution in [2.45, 2.75) is 6.92 Å². The maximum Gasteiger partial charge on any atom is 0.352 e. The number of nitrogens with two attached hydrogens (primary N) is 1. The van der Waals surface area contributed by atoms with Crippen LogP contribution in [0.2, 0.25) is 0 Å². The summed E-state index contributed by atoms with van der Waals surface area (Å²) in [5.41, 5.74) is 5.26. The first-order valence-corrected chi connectivity index (χ1v) is 3.26. The summed E-state index contributed by atoms with van der Waals surface area (Å²) in [5, 5.41) is 2.65. The number of rotatable bonds is 1. The van der Waals surface area contributed by atoms with Crippen LogP contribution in [0.3, 0.4) is 0 Å². The number of hydrogen-bond acceptors (Lipinski definition) is 3. The van der Waals surface area contributed by atoms with Crippen molar-refractivity contribution >= 4 is 12.0 Å².